The number of halogens is 3. The third kappa shape index (κ3) is 3.78. The van der Waals surface area contributed by atoms with Crippen LogP contribution in [0.1, 0.15) is 29.6 Å². The van der Waals surface area contributed by atoms with Crippen LogP contribution in [-0.2, 0) is 0 Å². The minimum Gasteiger partial charge on any atom is -0.396 e. The van der Waals surface area contributed by atoms with Gasteiger partial charge in [0.05, 0.1) is 10.6 Å². The molecule has 0 radical (unpaired) electrons. The van der Waals surface area contributed by atoms with Crippen LogP contribution in [0.25, 0.3) is 0 Å². The van der Waals surface area contributed by atoms with Crippen LogP contribution >= 0.6 is 45.8 Å². The van der Waals surface area contributed by atoms with Gasteiger partial charge < -0.3 is 10.0 Å². The molecular weight excluding hydrogens is 412 g/mol. The number of nitrogens with zero attached hydrogens (tertiary/aromatic N) is 1. The van der Waals surface area contributed by atoms with Gasteiger partial charge >= 0.3 is 0 Å². The number of likely N-dealkylation sites (tertiary alicyclic amines) is 1. The quantitative estimate of drug-likeness (QED) is 0.588. The molecule has 0 aromatic heterocycles. The number of piperidine rings is 1. The van der Waals surface area contributed by atoms with Crippen molar-refractivity contribution in [2.75, 3.05) is 19.7 Å². The van der Waals surface area contributed by atoms with Crippen molar-refractivity contribution >= 4 is 51.7 Å². The Morgan fingerprint density at radius 3 is 2.90 bits per heavy atom. The number of rotatable bonds is 3. The van der Waals surface area contributed by atoms with Gasteiger partial charge in [0.1, 0.15) is 0 Å². The molecule has 2 rings (SSSR count). The number of amides is 1. The molecule has 1 N–H and O–H groups in total. The van der Waals surface area contributed by atoms with Crippen LogP contribution in [0.2, 0.25) is 10.0 Å². The van der Waals surface area contributed by atoms with Gasteiger partial charge in [-0.1, -0.05) is 23.2 Å². The van der Waals surface area contributed by atoms with E-state index in [1.807, 2.05) is 4.90 Å². The summed E-state index contributed by atoms with van der Waals surface area (Å²) in [5.41, 5.74) is 0.563. The maximum atomic E-state index is 12.6. The summed E-state index contributed by atoms with van der Waals surface area (Å²) >= 11 is 14.2. The van der Waals surface area contributed by atoms with Crippen LogP contribution in [0.5, 0.6) is 0 Å². The number of benzene rings is 1. The highest BCUT2D eigenvalue weighted by Crippen LogP contribution is 2.29. The third-order valence-corrected chi connectivity index (χ3v) is 5.56. The standard InChI is InChI=1S/C14H16Cl2INO2/c15-10-6-11(13(17)12(16)7-10)14(20)18-4-1-2-9(8-18)3-5-19/h6-7,9,19H,1-5,8H2. The van der Waals surface area contributed by atoms with Gasteiger partial charge in [-0.25, -0.2) is 0 Å². The van der Waals surface area contributed by atoms with Gasteiger partial charge in [0, 0.05) is 28.3 Å². The normalized spacial score (nSPS) is 19.2. The van der Waals surface area contributed by atoms with Gasteiger partial charge in [-0.15, -0.1) is 0 Å². The molecule has 1 atom stereocenters. The fourth-order valence-corrected chi connectivity index (χ4v) is 3.59. The summed E-state index contributed by atoms with van der Waals surface area (Å²) in [4.78, 5) is 14.5. The van der Waals surface area contributed by atoms with E-state index in [2.05, 4.69) is 22.6 Å². The van der Waals surface area contributed by atoms with E-state index in [0.29, 0.717) is 28.1 Å². The Hall–Kier alpha value is -0.0400. The molecule has 0 spiro atoms. The Kier molecular flexibility index (Phi) is 5.95. The summed E-state index contributed by atoms with van der Waals surface area (Å²) in [6, 6.07) is 3.32. The van der Waals surface area contributed by atoms with Gasteiger partial charge in [-0.2, -0.15) is 0 Å². The number of hydrogen-bond donors (Lipinski definition) is 1. The zero-order valence-electron chi connectivity index (χ0n) is 10.9. The molecule has 1 fully saturated rings. The van der Waals surface area contributed by atoms with E-state index in [4.69, 9.17) is 28.3 Å². The first kappa shape index (κ1) is 16.3. The molecule has 1 aromatic carbocycles. The van der Waals surface area contributed by atoms with Crippen LogP contribution < -0.4 is 0 Å². The maximum Gasteiger partial charge on any atom is 0.255 e. The molecule has 1 aliphatic rings. The van der Waals surface area contributed by atoms with Crippen molar-refractivity contribution in [3.05, 3.63) is 31.3 Å². The van der Waals surface area contributed by atoms with Crippen LogP contribution in [0, 0.1) is 9.49 Å². The van der Waals surface area contributed by atoms with E-state index in [9.17, 15) is 4.79 Å². The Bertz CT molecular complexity index is 508. The Balaban J connectivity index is 2.19. The van der Waals surface area contributed by atoms with Crippen LogP contribution in [-0.4, -0.2) is 35.6 Å². The molecular formula is C14H16Cl2INO2. The predicted molar refractivity (Wildman–Crippen MR) is 89.5 cm³/mol. The van der Waals surface area contributed by atoms with Gasteiger partial charge in [0.15, 0.2) is 0 Å². The summed E-state index contributed by atoms with van der Waals surface area (Å²) in [6.45, 7) is 1.62. The average Bonchev–Trinajstić information content (AvgIpc) is 2.43. The highest BCUT2D eigenvalue weighted by atomic mass is 127. The topological polar surface area (TPSA) is 40.5 Å². The van der Waals surface area contributed by atoms with E-state index in [1.54, 1.807) is 12.1 Å². The first-order valence-electron chi connectivity index (χ1n) is 6.57. The minimum atomic E-state index is -0.0264. The van der Waals surface area contributed by atoms with Crippen molar-refractivity contribution in [3.8, 4) is 0 Å². The second kappa shape index (κ2) is 7.29. The van der Waals surface area contributed by atoms with Crippen molar-refractivity contribution < 1.29 is 9.90 Å². The van der Waals surface area contributed by atoms with Crippen molar-refractivity contribution in [3.63, 3.8) is 0 Å². The van der Waals surface area contributed by atoms with Crippen molar-refractivity contribution in [2.24, 2.45) is 5.92 Å². The lowest BCUT2D eigenvalue weighted by atomic mass is 9.94. The Labute approximate surface area is 142 Å². The molecule has 0 saturated carbocycles. The minimum absolute atomic E-state index is 0.0264. The molecule has 0 bridgehead atoms. The SMILES string of the molecule is O=C(c1cc(Cl)cc(Cl)c1I)N1CCCC(CCO)C1. The summed E-state index contributed by atoms with van der Waals surface area (Å²) < 4.78 is 0.739. The zero-order valence-corrected chi connectivity index (χ0v) is 14.6. The smallest absolute Gasteiger partial charge is 0.255 e. The average molecular weight is 428 g/mol. The molecule has 1 unspecified atom stereocenters. The van der Waals surface area contributed by atoms with E-state index >= 15 is 0 Å². The molecule has 3 nitrogen and oxygen atoms in total. The highest BCUT2D eigenvalue weighted by Gasteiger charge is 2.26. The lowest BCUT2D eigenvalue weighted by Crippen LogP contribution is -2.40. The molecule has 1 aliphatic heterocycles. The van der Waals surface area contributed by atoms with E-state index in [-0.39, 0.29) is 12.5 Å². The van der Waals surface area contributed by atoms with Gasteiger partial charge in [-0.3, -0.25) is 4.79 Å². The zero-order chi connectivity index (χ0) is 14.7. The molecule has 0 aliphatic carbocycles. The van der Waals surface area contributed by atoms with E-state index in [1.165, 1.54) is 0 Å². The van der Waals surface area contributed by atoms with Gasteiger partial charge in [-0.05, 0) is 59.9 Å². The maximum absolute atomic E-state index is 12.6. The Morgan fingerprint density at radius 1 is 1.45 bits per heavy atom. The monoisotopic (exact) mass is 427 g/mol. The molecule has 1 heterocycles. The lowest BCUT2D eigenvalue weighted by molar-refractivity contribution is 0.0652. The lowest BCUT2D eigenvalue weighted by Gasteiger charge is -2.33. The fraction of sp³-hybridized carbons (Fsp3) is 0.500. The molecule has 6 heteroatoms. The van der Waals surface area contributed by atoms with Crippen molar-refractivity contribution in [1.82, 2.24) is 4.90 Å². The van der Waals surface area contributed by atoms with Crippen LogP contribution in [0.3, 0.4) is 0 Å². The Morgan fingerprint density at radius 2 is 2.20 bits per heavy atom. The second-order valence-electron chi connectivity index (χ2n) is 5.02. The third-order valence-electron chi connectivity index (χ3n) is 3.57. The summed E-state index contributed by atoms with van der Waals surface area (Å²) in [5.74, 6) is 0.353. The summed E-state index contributed by atoms with van der Waals surface area (Å²) in [5, 5.41) is 10.0. The first-order chi connectivity index (χ1) is 9.52. The van der Waals surface area contributed by atoms with Crippen LogP contribution in [0.15, 0.2) is 12.1 Å². The van der Waals surface area contributed by atoms with Crippen molar-refractivity contribution in [2.45, 2.75) is 19.3 Å². The van der Waals surface area contributed by atoms with Gasteiger partial charge in [0.2, 0.25) is 0 Å². The molecule has 110 valence electrons. The van der Waals surface area contributed by atoms with Crippen LogP contribution in [0.4, 0.5) is 0 Å². The molecule has 1 amide bonds. The first-order valence-corrected chi connectivity index (χ1v) is 8.41. The number of hydrogen-bond acceptors (Lipinski definition) is 2. The second-order valence-corrected chi connectivity index (χ2v) is 6.94. The van der Waals surface area contributed by atoms with Gasteiger partial charge in [0.25, 0.3) is 5.91 Å². The number of aliphatic hydroxyl groups is 1. The highest BCUT2D eigenvalue weighted by molar-refractivity contribution is 14.1. The number of carbonyl (C=O) groups excluding carboxylic acids is 1. The largest absolute Gasteiger partial charge is 0.396 e. The molecule has 1 aromatic rings. The number of carbonyl (C=O) groups is 1. The summed E-state index contributed by atoms with van der Waals surface area (Å²) in [6.07, 6.45) is 2.79. The summed E-state index contributed by atoms with van der Waals surface area (Å²) in [7, 11) is 0. The van der Waals surface area contributed by atoms with Crippen molar-refractivity contribution in [1.29, 1.82) is 0 Å². The van der Waals surface area contributed by atoms with E-state index < -0.39 is 0 Å². The molecule has 1 saturated heterocycles. The molecule has 20 heavy (non-hydrogen) atoms. The number of aliphatic hydroxyl groups excluding tert-OH is 1. The van der Waals surface area contributed by atoms with E-state index in [0.717, 1.165) is 29.4 Å². The fourth-order valence-electron chi connectivity index (χ4n) is 2.55. The predicted octanol–water partition coefficient (Wildman–Crippen LogP) is 3.83.